The molecule has 38 heavy (non-hydrogen) atoms. The van der Waals surface area contributed by atoms with Gasteiger partial charge in [0.05, 0.1) is 0 Å². The average molecular weight is 518 g/mol. The number of hydrogen-bond donors (Lipinski definition) is 1. The van der Waals surface area contributed by atoms with E-state index >= 15 is 0 Å². The van der Waals surface area contributed by atoms with Crippen LogP contribution >= 0.6 is 0 Å². The van der Waals surface area contributed by atoms with E-state index in [1.807, 2.05) is 41.2 Å². The summed E-state index contributed by atoms with van der Waals surface area (Å²) in [7, 11) is 0. The molecule has 0 bridgehead atoms. The van der Waals surface area contributed by atoms with Crippen molar-refractivity contribution in [3.05, 3.63) is 88.7 Å². The molecule has 5 heteroatoms. The molecule has 0 fully saturated rings. The molecule has 1 N–H and O–H groups in total. The maximum atomic E-state index is 13.4. The Hall–Kier alpha value is -3.34. The highest BCUT2D eigenvalue weighted by molar-refractivity contribution is 6.10. The van der Waals surface area contributed by atoms with Crippen LogP contribution in [0.3, 0.4) is 0 Å². The Morgan fingerprint density at radius 1 is 0.921 bits per heavy atom. The smallest absolute Gasteiger partial charge is 0.303 e. The Morgan fingerprint density at radius 2 is 1.61 bits per heavy atom. The van der Waals surface area contributed by atoms with E-state index in [2.05, 4.69) is 58.9 Å². The fraction of sp³-hybridized carbons (Fsp3) is 0.455. The highest BCUT2D eigenvalue weighted by Gasteiger charge is 2.19. The fourth-order valence-electron chi connectivity index (χ4n) is 4.75. The molecule has 0 saturated heterocycles. The summed E-state index contributed by atoms with van der Waals surface area (Å²) in [6, 6.07) is 16.2. The van der Waals surface area contributed by atoms with Gasteiger partial charge in [0.2, 0.25) is 0 Å². The van der Waals surface area contributed by atoms with Crippen LogP contribution in [0.2, 0.25) is 0 Å². The average Bonchev–Trinajstić information content (AvgIpc) is 3.31. The minimum Gasteiger partial charge on any atom is -0.486 e. The number of hydrogen-bond acceptors (Lipinski definition) is 3. The van der Waals surface area contributed by atoms with E-state index < -0.39 is 5.97 Å². The molecular formula is C33H43NO4. The lowest BCUT2D eigenvalue weighted by Gasteiger charge is -2.20. The topological polar surface area (TPSA) is 68.5 Å². The van der Waals surface area contributed by atoms with Crippen LogP contribution in [0.15, 0.2) is 60.9 Å². The third-order valence-electron chi connectivity index (χ3n) is 6.79. The largest absolute Gasteiger partial charge is 0.486 e. The Morgan fingerprint density at radius 3 is 2.18 bits per heavy atom. The lowest BCUT2D eigenvalue weighted by molar-refractivity contribution is -0.137. The summed E-state index contributed by atoms with van der Waals surface area (Å²) in [5, 5.41) is 8.93. The monoisotopic (exact) mass is 517 g/mol. The normalized spacial score (nSPS) is 12.2. The van der Waals surface area contributed by atoms with Crippen molar-refractivity contribution in [2.24, 2.45) is 5.92 Å². The molecule has 1 aromatic heterocycles. The number of aryl methyl sites for hydroxylation is 1. The van der Waals surface area contributed by atoms with Crippen LogP contribution in [0.1, 0.15) is 111 Å². The summed E-state index contributed by atoms with van der Waals surface area (Å²) in [6.07, 6.45) is 8.63. The number of rotatable bonds is 15. The molecule has 3 aromatic rings. The summed E-state index contributed by atoms with van der Waals surface area (Å²) < 4.78 is 8.37. The number of carbonyl (C=O) groups excluding carboxylic acids is 1. The minimum atomic E-state index is -0.806. The van der Waals surface area contributed by atoms with Gasteiger partial charge in [-0.05, 0) is 78.5 Å². The van der Waals surface area contributed by atoms with Gasteiger partial charge >= 0.3 is 5.97 Å². The van der Waals surface area contributed by atoms with Crippen molar-refractivity contribution >= 4 is 11.8 Å². The van der Waals surface area contributed by atoms with Gasteiger partial charge in [0.15, 0.2) is 5.78 Å². The van der Waals surface area contributed by atoms with E-state index in [0.29, 0.717) is 30.0 Å². The predicted molar refractivity (Wildman–Crippen MR) is 153 cm³/mol. The van der Waals surface area contributed by atoms with Gasteiger partial charge in [0.1, 0.15) is 11.9 Å². The van der Waals surface area contributed by atoms with E-state index in [-0.39, 0.29) is 24.2 Å². The molecule has 0 radical (unpaired) electrons. The highest BCUT2D eigenvalue weighted by Crippen LogP contribution is 2.29. The number of carboxylic acids is 1. The summed E-state index contributed by atoms with van der Waals surface area (Å²) >= 11 is 0. The highest BCUT2D eigenvalue weighted by atomic mass is 16.5. The van der Waals surface area contributed by atoms with Crippen LogP contribution in [0.5, 0.6) is 5.75 Å². The minimum absolute atomic E-state index is 0.0273. The van der Waals surface area contributed by atoms with Crippen LogP contribution in [-0.4, -0.2) is 21.4 Å². The third kappa shape index (κ3) is 8.34. The SMILES string of the molecule is CCCCC(Oc1ccc(C(=O)c2cn(CCCC(=O)O)cc2C(C)C)cc1)c1ccc(CC(C)C)cc1. The van der Waals surface area contributed by atoms with Crippen LogP contribution in [0.25, 0.3) is 0 Å². The third-order valence-corrected chi connectivity index (χ3v) is 6.79. The molecule has 0 aliphatic rings. The van der Waals surface area contributed by atoms with Crippen molar-refractivity contribution in [1.29, 1.82) is 0 Å². The molecule has 0 spiro atoms. The van der Waals surface area contributed by atoms with Crippen LogP contribution in [0.4, 0.5) is 0 Å². The molecule has 3 rings (SSSR count). The van der Waals surface area contributed by atoms with Crippen molar-refractivity contribution in [3.8, 4) is 5.75 Å². The maximum Gasteiger partial charge on any atom is 0.303 e. The number of aliphatic carboxylic acids is 1. The lowest BCUT2D eigenvalue weighted by atomic mass is 9.96. The number of ether oxygens (including phenoxy) is 1. The van der Waals surface area contributed by atoms with Crippen LogP contribution in [-0.2, 0) is 17.8 Å². The van der Waals surface area contributed by atoms with Crippen LogP contribution < -0.4 is 4.74 Å². The van der Waals surface area contributed by atoms with Gasteiger partial charge in [-0.3, -0.25) is 9.59 Å². The maximum absolute atomic E-state index is 13.4. The van der Waals surface area contributed by atoms with E-state index in [9.17, 15) is 9.59 Å². The fourth-order valence-corrected chi connectivity index (χ4v) is 4.75. The number of carboxylic acid groups (broad SMARTS) is 1. The molecule has 0 amide bonds. The van der Waals surface area contributed by atoms with Gasteiger partial charge in [-0.1, -0.05) is 65.3 Å². The molecule has 5 nitrogen and oxygen atoms in total. The van der Waals surface area contributed by atoms with Crippen molar-refractivity contribution < 1.29 is 19.4 Å². The molecule has 1 unspecified atom stereocenters. The number of aromatic nitrogens is 1. The second-order valence-electron chi connectivity index (χ2n) is 11.0. The van der Waals surface area contributed by atoms with Crippen molar-refractivity contribution in [2.75, 3.05) is 0 Å². The Kier molecular flexibility index (Phi) is 10.8. The molecular weight excluding hydrogens is 474 g/mol. The van der Waals surface area contributed by atoms with E-state index in [0.717, 1.165) is 37.0 Å². The van der Waals surface area contributed by atoms with Gasteiger partial charge in [0, 0.05) is 36.5 Å². The molecule has 0 aliphatic carbocycles. The first-order valence-corrected chi connectivity index (χ1v) is 14.0. The van der Waals surface area contributed by atoms with Crippen molar-refractivity contribution in [2.45, 2.75) is 91.7 Å². The second kappa shape index (κ2) is 14.0. The van der Waals surface area contributed by atoms with Gasteiger partial charge < -0.3 is 14.4 Å². The number of carbonyl (C=O) groups is 2. The first-order valence-electron chi connectivity index (χ1n) is 14.0. The molecule has 2 aromatic carbocycles. The van der Waals surface area contributed by atoms with Crippen LogP contribution in [0, 0.1) is 5.92 Å². The molecule has 0 aliphatic heterocycles. The van der Waals surface area contributed by atoms with Crippen molar-refractivity contribution in [3.63, 3.8) is 0 Å². The zero-order valence-electron chi connectivity index (χ0n) is 23.6. The Balaban J connectivity index is 1.74. The summed E-state index contributed by atoms with van der Waals surface area (Å²) in [5.74, 6) is 0.731. The van der Waals surface area contributed by atoms with E-state index in [4.69, 9.17) is 9.84 Å². The molecule has 0 saturated carbocycles. The number of ketones is 1. The summed E-state index contributed by atoms with van der Waals surface area (Å²) in [4.78, 5) is 24.3. The quantitative estimate of drug-likeness (QED) is 0.206. The zero-order chi connectivity index (χ0) is 27.7. The first-order chi connectivity index (χ1) is 18.2. The first kappa shape index (κ1) is 29.2. The Bertz CT molecular complexity index is 1170. The van der Waals surface area contributed by atoms with Crippen molar-refractivity contribution in [1.82, 2.24) is 4.57 Å². The number of nitrogens with zero attached hydrogens (tertiary/aromatic N) is 1. The van der Waals surface area contributed by atoms with E-state index in [1.165, 1.54) is 11.1 Å². The zero-order valence-corrected chi connectivity index (χ0v) is 23.6. The standard InChI is InChI=1S/C33H43NO4/c1-6-7-9-31(26-13-11-25(12-14-26)20-23(2)3)38-28-17-15-27(16-18-28)33(37)30-22-34(19-8-10-32(35)36)21-29(30)24(4)5/h11-18,21-24,31H,6-10,19-20H2,1-5H3,(H,35,36). The van der Waals surface area contributed by atoms with Gasteiger partial charge in [-0.25, -0.2) is 0 Å². The van der Waals surface area contributed by atoms with E-state index in [1.54, 1.807) is 0 Å². The van der Waals surface area contributed by atoms with Gasteiger partial charge in [-0.15, -0.1) is 0 Å². The Labute approximate surface area is 227 Å². The molecule has 1 heterocycles. The van der Waals surface area contributed by atoms with Gasteiger partial charge in [0.25, 0.3) is 0 Å². The summed E-state index contributed by atoms with van der Waals surface area (Å²) in [6.45, 7) is 11.4. The summed E-state index contributed by atoms with van der Waals surface area (Å²) in [5.41, 5.74) is 4.79. The predicted octanol–water partition coefficient (Wildman–Crippen LogP) is 8.22. The number of benzene rings is 2. The molecule has 204 valence electrons. The number of unbranched alkanes of at least 4 members (excludes halogenated alkanes) is 1. The lowest BCUT2D eigenvalue weighted by Crippen LogP contribution is -2.09. The second-order valence-corrected chi connectivity index (χ2v) is 11.0. The molecule has 1 atom stereocenters. The van der Waals surface area contributed by atoms with Gasteiger partial charge in [-0.2, -0.15) is 0 Å².